The second-order valence-corrected chi connectivity index (χ2v) is 11.9. The van der Waals surface area contributed by atoms with Gasteiger partial charge in [0.25, 0.3) is 0 Å². The van der Waals surface area contributed by atoms with Crippen LogP contribution in [0.1, 0.15) is 45.9 Å². The van der Waals surface area contributed by atoms with E-state index >= 15 is 0 Å². The summed E-state index contributed by atoms with van der Waals surface area (Å²) in [6, 6.07) is 21.5. The number of sulfonamides is 1. The SMILES string of the molecule is Cc1cccc(-n2c(C)cc([C@@H]3[C@@H](c4ccccn4)NC(=S)N3c3ccc(NS(C)(=O)=O)cc3)c2C)c1C. The zero-order valence-electron chi connectivity index (χ0n) is 22.1. The van der Waals surface area contributed by atoms with E-state index in [-0.39, 0.29) is 12.1 Å². The number of hydrogen-bond acceptors (Lipinski definition) is 4. The third-order valence-corrected chi connectivity index (χ3v) is 8.07. The Labute approximate surface area is 229 Å². The molecule has 0 bridgehead atoms. The maximum atomic E-state index is 11.7. The number of pyridine rings is 1. The van der Waals surface area contributed by atoms with Crippen LogP contribution < -0.4 is 14.9 Å². The Morgan fingerprint density at radius 2 is 1.71 bits per heavy atom. The van der Waals surface area contributed by atoms with Crippen LogP contribution in [0, 0.1) is 27.7 Å². The van der Waals surface area contributed by atoms with E-state index in [4.69, 9.17) is 12.2 Å². The summed E-state index contributed by atoms with van der Waals surface area (Å²) in [5.74, 6) is 0. The van der Waals surface area contributed by atoms with Crippen molar-refractivity contribution >= 4 is 38.7 Å². The first-order valence-electron chi connectivity index (χ1n) is 12.4. The molecule has 5 rings (SSSR count). The van der Waals surface area contributed by atoms with Crippen LogP contribution in [0.4, 0.5) is 11.4 Å². The summed E-state index contributed by atoms with van der Waals surface area (Å²) >= 11 is 5.88. The predicted molar refractivity (Wildman–Crippen MR) is 158 cm³/mol. The van der Waals surface area contributed by atoms with Crippen molar-refractivity contribution in [2.24, 2.45) is 0 Å². The van der Waals surface area contributed by atoms with Gasteiger partial charge in [-0.2, -0.15) is 0 Å². The van der Waals surface area contributed by atoms with Gasteiger partial charge >= 0.3 is 0 Å². The molecule has 9 heteroatoms. The van der Waals surface area contributed by atoms with Gasteiger partial charge < -0.3 is 14.8 Å². The second kappa shape index (κ2) is 9.89. The summed E-state index contributed by atoms with van der Waals surface area (Å²) in [7, 11) is -3.37. The highest BCUT2D eigenvalue weighted by molar-refractivity contribution is 7.92. The van der Waals surface area contributed by atoms with Crippen molar-refractivity contribution in [3.63, 3.8) is 0 Å². The Morgan fingerprint density at radius 3 is 2.37 bits per heavy atom. The van der Waals surface area contributed by atoms with Crippen LogP contribution in [0.3, 0.4) is 0 Å². The minimum Gasteiger partial charge on any atom is -0.351 e. The van der Waals surface area contributed by atoms with Crippen LogP contribution in [0.25, 0.3) is 5.69 Å². The average molecular weight is 546 g/mol. The first-order valence-corrected chi connectivity index (χ1v) is 14.7. The molecule has 4 aromatic rings. The molecule has 2 aromatic carbocycles. The summed E-state index contributed by atoms with van der Waals surface area (Å²) in [5.41, 5.74) is 9.33. The Kier molecular flexibility index (Phi) is 6.75. The van der Waals surface area contributed by atoms with E-state index in [2.05, 4.69) is 76.5 Å². The molecule has 2 N–H and O–H groups in total. The molecule has 1 aliphatic rings. The lowest BCUT2D eigenvalue weighted by atomic mass is 9.96. The summed E-state index contributed by atoms with van der Waals surface area (Å²) < 4.78 is 28.2. The standard InChI is InChI=1S/C29H31N5O2S2/c1-18-9-8-11-26(20(18)3)33-19(2)17-24(21(33)4)28-27(25-10-6-7-16-30-25)31-29(37)34(28)23-14-12-22(13-15-23)32-38(5,35)36/h6-17,27-28,32H,1-5H3,(H,31,37)/t27-,28-/m1/s1. The van der Waals surface area contributed by atoms with Crippen molar-refractivity contribution in [2.45, 2.75) is 39.8 Å². The molecule has 7 nitrogen and oxygen atoms in total. The molecule has 0 aliphatic carbocycles. The third kappa shape index (κ3) is 4.79. The minimum absolute atomic E-state index is 0.170. The van der Waals surface area contributed by atoms with Crippen molar-refractivity contribution in [3.05, 3.63) is 107 Å². The van der Waals surface area contributed by atoms with Gasteiger partial charge in [-0.3, -0.25) is 9.71 Å². The maximum Gasteiger partial charge on any atom is 0.229 e. The summed E-state index contributed by atoms with van der Waals surface area (Å²) in [6.07, 6.45) is 2.93. The molecular weight excluding hydrogens is 514 g/mol. The molecule has 3 heterocycles. The van der Waals surface area contributed by atoms with Gasteiger partial charge in [-0.15, -0.1) is 0 Å². The number of hydrogen-bond donors (Lipinski definition) is 2. The second-order valence-electron chi connectivity index (χ2n) is 9.80. The summed E-state index contributed by atoms with van der Waals surface area (Å²) in [5, 5.41) is 4.10. The smallest absolute Gasteiger partial charge is 0.229 e. The number of nitrogens with one attached hydrogen (secondary N) is 2. The Morgan fingerprint density at radius 1 is 0.974 bits per heavy atom. The topological polar surface area (TPSA) is 79.3 Å². The monoisotopic (exact) mass is 545 g/mol. The van der Waals surface area contributed by atoms with Crippen molar-refractivity contribution < 1.29 is 8.42 Å². The number of nitrogens with zero attached hydrogens (tertiary/aromatic N) is 3. The number of aryl methyl sites for hydroxylation is 2. The van der Waals surface area contributed by atoms with Gasteiger partial charge in [0.1, 0.15) is 0 Å². The molecule has 2 atom stereocenters. The summed E-state index contributed by atoms with van der Waals surface area (Å²) in [6.45, 7) is 8.57. The quantitative estimate of drug-likeness (QED) is 0.305. The molecule has 0 amide bonds. The van der Waals surface area contributed by atoms with Crippen LogP contribution in [-0.2, 0) is 10.0 Å². The summed E-state index contributed by atoms with van der Waals surface area (Å²) in [4.78, 5) is 6.77. The molecule has 0 saturated carbocycles. The first kappa shape index (κ1) is 25.9. The molecular formula is C29H31N5O2S2. The Balaban J connectivity index is 1.65. The van der Waals surface area contributed by atoms with Crippen LogP contribution in [0.2, 0.25) is 0 Å². The maximum absolute atomic E-state index is 11.7. The van der Waals surface area contributed by atoms with Crippen molar-refractivity contribution in [1.82, 2.24) is 14.9 Å². The molecule has 0 spiro atoms. The lowest BCUT2D eigenvalue weighted by Crippen LogP contribution is -2.29. The molecule has 1 saturated heterocycles. The highest BCUT2D eigenvalue weighted by Crippen LogP contribution is 2.44. The van der Waals surface area contributed by atoms with Crippen LogP contribution in [0.5, 0.6) is 0 Å². The fourth-order valence-electron chi connectivity index (χ4n) is 5.29. The van der Waals surface area contributed by atoms with Crippen LogP contribution in [0.15, 0.2) is 72.9 Å². The van der Waals surface area contributed by atoms with E-state index in [1.54, 1.807) is 18.3 Å². The minimum atomic E-state index is -3.37. The zero-order chi connectivity index (χ0) is 27.2. The van der Waals surface area contributed by atoms with E-state index in [9.17, 15) is 8.42 Å². The van der Waals surface area contributed by atoms with E-state index in [1.165, 1.54) is 11.1 Å². The van der Waals surface area contributed by atoms with Gasteiger partial charge in [0.2, 0.25) is 10.0 Å². The number of rotatable bonds is 6. The highest BCUT2D eigenvalue weighted by atomic mass is 32.2. The normalized spacial score (nSPS) is 17.5. The number of benzene rings is 2. The van der Waals surface area contributed by atoms with Gasteiger partial charge in [0, 0.05) is 34.6 Å². The van der Waals surface area contributed by atoms with Crippen molar-refractivity contribution in [2.75, 3.05) is 15.9 Å². The van der Waals surface area contributed by atoms with Crippen LogP contribution >= 0.6 is 12.2 Å². The largest absolute Gasteiger partial charge is 0.351 e. The molecule has 1 aliphatic heterocycles. The molecule has 1 fully saturated rings. The highest BCUT2D eigenvalue weighted by Gasteiger charge is 2.42. The van der Waals surface area contributed by atoms with Gasteiger partial charge in [0.05, 0.1) is 24.0 Å². The molecule has 0 unspecified atom stereocenters. The Hall–Kier alpha value is -3.69. The fourth-order valence-corrected chi connectivity index (χ4v) is 6.20. The van der Waals surface area contributed by atoms with E-state index in [1.807, 2.05) is 30.3 Å². The van der Waals surface area contributed by atoms with E-state index in [0.717, 1.165) is 40.3 Å². The van der Waals surface area contributed by atoms with Gasteiger partial charge in [0.15, 0.2) is 5.11 Å². The number of anilines is 2. The number of aromatic nitrogens is 2. The first-order chi connectivity index (χ1) is 18.0. The lowest BCUT2D eigenvalue weighted by molar-refractivity contribution is 0.565. The van der Waals surface area contributed by atoms with Crippen molar-refractivity contribution in [1.29, 1.82) is 0 Å². The Bertz CT molecular complexity index is 1610. The van der Waals surface area contributed by atoms with E-state index in [0.29, 0.717) is 10.8 Å². The lowest BCUT2D eigenvalue weighted by Gasteiger charge is -2.28. The van der Waals surface area contributed by atoms with E-state index < -0.39 is 10.0 Å². The molecule has 2 aromatic heterocycles. The van der Waals surface area contributed by atoms with Crippen LogP contribution in [-0.4, -0.2) is 29.3 Å². The van der Waals surface area contributed by atoms with Gasteiger partial charge in [-0.05, 0) is 105 Å². The molecule has 0 radical (unpaired) electrons. The van der Waals surface area contributed by atoms with Gasteiger partial charge in [-0.25, -0.2) is 8.42 Å². The molecule has 38 heavy (non-hydrogen) atoms. The zero-order valence-corrected chi connectivity index (χ0v) is 23.7. The third-order valence-electron chi connectivity index (χ3n) is 7.15. The average Bonchev–Trinajstić information content (AvgIpc) is 3.36. The fraction of sp³-hybridized carbons (Fsp3) is 0.241. The number of thiocarbonyl (C=S) groups is 1. The molecule has 196 valence electrons. The predicted octanol–water partition coefficient (Wildman–Crippen LogP) is 5.65. The van der Waals surface area contributed by atoms with Gasteiger partial charge in [-0.1, -0.05) is 18.2 Å². The van der Waals surface area contributed by atoms with Crippen molar-refractivity contribution in [3.8, 4) is 5.69 Å².